The fraction of sp³-hybridized carbons (Fsp3) is 0.643. The van der Waals surface area contributed by atoms with Crippen molar-refractivity contribution >= 4 is 17.5 Å². The highest BCUT2D eigenvalue weighted by molar-refractivity contribution is 6.19. The number of Topliss-reactive ketones (excluding diaryl/α,β-unsaturated/α-hetero) is 2. The van der Waals surface area contributed by atoms with E-state index in [1.165, 1.54) is 27.7 Å². The number of hydrogen-bond acceptors (Lipinski definition) is 5. The standard InChI is InChI=1S/C14H18O6/c1-7-8(2)10(16)14(13(4,19)9(7)15)6-5-12(3,20-14)11(17)18/h19H,5-6H2,1-4H3,(H,17,18)/t12-,13-,14-/m0/s1. The third-order valence-corrected chi connectivity index (χ3v) is 4.64. The van der Waals surface area contributed by atoms with Gasteiger partial charge in [-0.15, -0.1) is 0 Å². The van der Waals surface area contributed by atoms with E-state index in [0.717, 1.165) is 0 Å². The molecule has 3 atom stereocenters. The average Bonchev–Trinajstić information content (AvgIpc) is 2.75. The minimum Gasteiger partial charge on any atom is -0.479 e. The summed E-state index contributed by atoms with van der Waals surface area (Å²) in [5.74, 6) is -2.32. The van der Waals surface area contributed by atoms with E-state index in [1.54, 1.807) is 0 Å². The number of ketones is 2. The van der Waals surface area contributed by atoms with E-state index >= 15 is 0 Å². The first-order valence-corrected chi connectivity index (χ1v) is 6.42. The minimum atomic E-state index is -2.05. The van der Waals surface area contributed by atoms with E-state index in [1.807, 2.05) is 0 Å². The van der Waals surface area contributed by atoms with E-state index in [9.17, 15) is 24.6 Å². The number of rotatable bonds is 1. The molecule has 0 aromatic carbocycles. The van der Waals surface area contributed by atoms with Gasteiger partial charge in [0.1, 0.15) is 0 Å². The molecule has 1 fully saturated rings. The second-order valence-corrected chi connectivity index (χ2v) is 5.95. The SMILES string of the molecule is CC1=C(C)C(=O)[C@@]2(CC[C@@](C)(C(=O)O)O2)[C@@](C)(O)C1=O. The largest absolute Gasteiger partial charge is 0.479 e. The van der Waals surface area contributed by atoms with Crippen LogP contribution in [-0.4, -0.2) is 44.6 Å². The molecule has 1 aliphatic heterocycles. The summed E-state index contributed by atoms with van der Waals surface area (Å²) in [5.41, 5.74) is -5.03. The van der Waals surface area contributed by atoms with Gasteiger partial charge in [-0.05, 0) is 40.5 Å². The lowest BCUT2D eigenvalue weighted by Crippen LogP contribution is -2.65. The van der Waals surface area contributed by atoms with Crippen LogP contribution in [0.15, 0.2) is 11.1 Å². The van der Waals surface area contributed by atoms with Crippen LogP contribution in [0.4, 0.5) is 0 Å². The molecule has 0 unspecified atom stereocenters. The van der Waals surface area contributed by atoms with Gasteiger partial charge in [-0.25, -0.2) is 4.79 Å². The van der Waals surface area contributed by atoms with Crippen LogP contribution in [0.5, 0.6) is 0 Å². The molecule has 1 heterocycles. The summed E-state index contributed by atoms with van der Waals surface area (Å²) < 4.78 is 5.50. The summed E-state index contributed by atoms with van der Waals surface area (Å²) in [6.45, 7) is 5.53. The van der Waals surface area contributed by atoms with Crippen molar-refractivity contribution < 1.29 is 29.3 Å². The summed E-state index contributed by atoms with van der Waals surface area (Å²) in [4.78, 5) is 36.1. The minimum absolute atomic E-state index is 0.00199. The number of aliphatic hydroxyl groups is 1. The molecule has 0 aromatic rings. The zero-order valence-corrected chi connectivity index (χ0v) is 11.9. The van der Waals surface area contributed by atoms with Gasteiger partial charge in [-0.1, -0.05) is 0 Å². The molecule has 0 aromatic heterocycles. The van der Waals surface area contributed by atoms with Crippen molar-refractivity contribution in [1.82, 2.24) is 0 Å². The first kappa shape index (κ1) is 14.9. The van der Waals surface area contributed by atoms with Crippen molar-refractivity contribution in [2.24, 2.45) is 0 Å². The fourth-order valence-electron chi connectivity index (χ4n) is 2.97. The monoisotopic (exact) mass is 282 g/mol. The van der Waals surface area contributed by atoms with Gasteiger partial charge in [-0.3, -0.25) is 9.59 Å². The predicted molar refractivity (Wildman–Crippen MR) is 68.1 cm³/mol. The van der Waals surface area contributed by atoms with Crippen molar-refractivity contribution in [1.29, 1.82) is 0 Å². The van der Waals surface area contributed by atoms with Crippen LogP contribution >= 0.6 is 0 Å². The molecule has 0 radical (unpaired) electrons. The quantitative estimate of drug-likeness (QED) is 0.731. The van der Waals surface area contributed by atoms with Crippen molar-refractivity contribution in [2.45, 2.75) is 57.3 Å². The molecule has 2 rings (SSSR count). The van der Waals surface area contributed by atoms with Gasteiger partial charge in [0, 0.05) is 11.1 Å². The van der Waals surface area contributed by atoms with Crippen molar-refractivity contribution in [3.63, 3.8) is 0 Å². The summed E-state index contributed by atoms with van der Waals surface area (Å²) in [7, 11) is 0. The smallest absolute Gasteiger partial charge is 0.335 e. The van der Waals surface area contributed by atoms with E-state index in [-0.39, 0.29) is 24.0 Å². The van der Waals surface area contributed by atoms with Crippen LogP contribution in [-0.2, 0) is 19.1 Å². The fourth-order valence-corrected chi connectivity index (χ4v) is 2.97. The van der Waals surface area contributed by atoms with Crippen LogP contribution in [0.2, 0.25) is 0 Å². The summed E-state index contributed by atoms with van der Waals surface area (Å²) in [5, 5.41) is 19.8. The highest BCUT2D eigenvalue weighted by Crippen LogP contribution is 2.49. The number of hydrogen-bond donors (Lipinski definition) is 2. The molecule has 0 saturated carbocycles. The molecular weight excluding hydrogens is 264 g/mol. The predicted octanol–water partition coefficient (Wildman–Crippen LogP) is 0.618. The molecule has 2 N–H and O–H groups in total. The van der Waals surface area contributed by atoms with Gasteiger partial charge in [0.15, 0.2) is 28.4 Å². The third kappa shape index (κ3) is 1.55. The Kier molecular flexibility index (Phi) is 2.97. The molecule has 20 heavy (non-hydrogen) atoms. The second kappa shape index (κ2) is 3.99. The lowest BCUT2D eigenvalue weighted by molar-refractivity contribution is -0.205. The molecule has 6 nitrogen and oxygen atoms in total. The average molecular weight is 282 g/mol. The summed E-state index contributed by atoms with van der Waals surface area (Å²) >= 11 is 0. The third-order valence-electron chi connectivity index (χ3n) is 4.64. The van der Waals surface area contributed by atoms with Gasteiger partial charge in [0.25, 0.3) is 0 Å². The number of carboxylic acid groups (broad SMARTS) is 1. The van der Waals surface area contributed by atoms with Gasteiger partial charge in [-0.2, -0.15) is 0 Å². The second-order valence-electron chi connectivity index (χ2n) is 5.95. The van der Waals surface area contributed by atoms with Crippen molar-refractivity contribution in [3.8, 4) is 0 Å². The first-order chi connectivity index (χ1) is 8.99. The zero-order chi connectivity index (χ0) is 15.5. The first-order valence-electron chi connectivity index (χ1n) is 6.42. The lowest BCUT2D eigenvalue weighted by atomic mass is 9.67. The van der Waals surface area contributed by atoms with Crippen LogP contribution < -0.4 is 0 Å². The molecule has 1 aliphatic carbocycles. The van der Waals surface area contributed by atoms with E-state index in [2.05, 4.69) is 0 Å². The Bertz CT molecular complexity index is 558. The maximum Gasteiger partial charge on any atom is 0.335 e. The molecule has 6 heteroatoms. The molecular formula is C14H18O6. The Balaban J connectivity index is 2.60. The number of aliphatic carboxylic acids is 1. The van der Waals surface area contributed by atoms with Gasteiger partial charge in [0.05, 0.1) is 0 Å². The van der Waals surface area contributed by atoms with Crippen molar-refractivity contribution in [3.05, 3.63) is 11.1 Å². The molecule has 110 valence electrons. The highest BCUT2D eigenvalue weighted by atomic mass is 16.6. The number of carbonyl (C=O) groups excluding carboxylic acids is 2. The summed E-state index contributed by atoms with van der Waals surface area (Å²) in [6.07, 6.45) is 0.0574. The molecule has 0 amide bonds. The number of carboxylic acids is 1. The van der Waals surface area contributed by atoms with E-state index in [4.69, 9.17) is 4.74 Å². The van der Waals surface area contributed by atoms with Crippen LogP contribution in [0, 0.1) is 0 Å². The Morgan fingerprint density at radius 1 is 1.10 bits per heavy atom. The summed E-state index contributed by atoms with van der Waals surface area (Å²) in [6, 6.07) is 0. The topological polar surface area (TPSA) is 101 Å². The van der Waals surface area contributed by atoms with Gasteiger partial charge in [0.2, 0.25) is 0 Å². The number of ether oxygens (including phenoxy) is 1. The van der Waals surface area contributed by atoms with Gasteiger partial charge < -0.3 is 14.9 Å². The van der Waals surface area contributed by atoms with Gasteiger partial charge >= 0.3 is 5.97 Å². The van der Waals surface area contributed by atoms with Crippen LogP contribution in [0.1, 0.15) is 40.5 Å². The normalized spacial score (nSPS) is 41.6. The molecule has 1 saturated heterocycles. The molecule has 2 aliphatic rings. The van der Waals surface area contributed by atoms with Crippen LogP contribution in [0.25, 0.3) is 0 Å². The van der Waals surface area contributed by atoms with Crippen LogP contribution in [0.3, 0.4) is 0 Å². The molecule has 0 bridgehead atoms. The highest BCUT2D eigenvalue weighted by Gasteiger charge is 2.67. The Morgan fingerprint density at radius 3 is 2.05 bits per heavy atom. The Labute approximate surface area is 116 Å². The zero-order valence-electron chi connectivity index (χ0n) is 11.9. The molecule has 1 spiro atoms. The Morgan fingerprint density at radius 2 is 1.60 bits per heavy atom. The van der Waals surface area contributed by atoms with E-state index < -0.39 is 34.3 Å². The maximum atomic E-state index is 12.5. The van der Waals surface area contributed by atoms with E-state index in [0.29, 0.717) is 0 Å². The maximum absolute atomic E-state index is 12.5. The van der Waals surface area contributed by atoms with Crippen molar-refractivity contribution in [2.75, 3.05) is 0 Å². The Hall–Kier alpha value is -1.53. The number of carbonyl (C=O) groups is 3. The lowest BCUT2D eigenvalue weighted by Gasteiger charge is -2.44.